The molecule has 148 valence electrons. The minimum absolute atomic E-state index is 0.0290. The van der Waals surface area contributed by atoms with Crippen LogP contribution in [-0.4, -0.2) is 36.8 Å². The van der Waals surface area contributed by atoms with Crippen molar-refractivity contribution in [2.24, 2.45) is 7.05 Å². The van der Waals surface area contributed by atoms with Crippen LogP contribution in [0.2, 0.25) is 0 Å². The van der Waals surface area contributed by atoms with Crippen LogP contribution in [0.4, 0.5) is 0 Å². The molecule has 3 aromatic rings. The number of fused-ring (bicyclic) bond motifs is 3. The fourth-order valence-electron chi connectivity index (χ4n) is 3.57. The molecule has 0 bridgehead atoms. The smallest absolute Gasteiger partial charge is 0.262 e. The highest BCUT2D eigenvalue weighted by Crippen LogP contribution is 2.33. The third-order valence-corrected chi connectivity index (χ3v) is 6.73. The van der Waals surface area contributed by atoms with E-state index in [1.54, 1.807) is 26.8 Å². The van der Waals surface area contributed by atoms with Crippen molar-refractivity contribution in [1.29, 1.82) is 0 Å². The monoisotopic (exact) mass is 418 g/mol. The van der Waals surface area contributed by atoms with Crippen LogP contribution in [0.25, 0.3) is 10.2 Å². The van der Waals surface area contributed by atoms with Crippen LogP contribution in [0.15, 0.2) is 11.1 Å². The van der Waals surface area contributed by atoms with Gasteiger partial charge in [-0.05, 0) is 43.5 Å². The Morgan fingerprint density at radius 2 is 2.21 bits per heavy atom. The van der Waals surface area contributed by atoms with E-state index in [9.17, 15) is 9.59 Å². The zero-order valence-corrected chi connectivity index (χ0v) is 17.3. The van der Waals surface area contributed by atoms with Crippen molar-refractivity contribution in [2.45, 2.75) is 45.1 Å². The summed E-state index contributed by atoms with van der Waals surface area (Å²) in [6, 6.07) is 0. The van der Waals surface area contributed by atoms with E-state index >= 15 is 0 Å². The quantitative estimate of drug-likeness (QED) is 0.596. The molecule has 1 aliphatic rings. The lowest BCUT2D eigenvalue weighted by molar-refractivity contribution is -0.121. The number of aryl methyl sites for hydroxylation is 3. The number of nitrogens with one attached hydrogen (secondary N) is 2. The summed E-state index contributed by atoms with van der Waals surface area (Å²) >= 11 is 6.71. The standard InChI is InChI=1S/C18H22N6O2S2/c1-23-13(21-22-18(23)27)6-8-19-14(25)7-9-24-10-20-16-15(17(24)26)11-4-2-3-5-12(11)28-16/h10H,2-9H2,1H3,(H,19,25)(H,22,27). The van der Waals surface area contributed by atoms with Gasteiger partial charge in [0, 0.05) is 37.9 Å². The lowest BCUT2D eigenvalue weighted by Crippen LogP contribution is -2.29. The van der Waals surface area contributed by atoms with Crippen molar-refractivity contribution in [3.8, 4) is 0 Å². The summed E-state index contributed by atoms with van der Waals surface area (Å²) in [5.41, 5.74) is 1.15. The highest BCUT2D eigenvalue weighted by Gasteiger charge is 2.20. The lowest BCUT2D eigenvalue weighted by Gasteiger charge is -2.10. The first-order valence-electron chi connectivity index (χ1n) is 9.41. The normalized spacial score (nSPS) is 13.6. The Labute approximate surface area is 170 Å². The summed E-state index contributed by atoms with van der Waals surface area (Å²) in [4.78, 5) is 31.6. The van der Waals surface area contributed by atoms with Crippen LogP contribution in [-0.2, 0) is 37.6 Å². The molecule has 0 aromatic carbocycles. The van der Waals surface area contributed by atoms with Crippen LogP contribution >= 0.6 is 23.6 Å². The van der Waals surface area contributed by atoms with Gasteiger partial charge >= 0.3 is 0 Å². The van der Waals surface area contributed by atoms with Gasteiger partial charge in [-0.1, -0.05) is 0 Å². The zero-order chi connectivity index (χ0) is 19.7. The first kappa shape index (κ1) is 19.0. The minimum atomic E-state index is -0.101. The van der Waals surface area contributed by atoms with E-state index in [4.69, 9.17) is 12.2 Å². The molecule has 3 aromatic heterocycles. The Morgan fingerprint density at radius 3 is 3.00 bits per heavy atom. The largest absolute Gasteiger partial charge is 0.356 e. The maximum atomic E-state index is 12.9. The number of rotatable bonds is 6. The topological polar surface area (TPSA) is 97.6 Å². The first-order chi connectivity index (χ1) is 13.5. The molecule has 3 heterocycles. The summed E-state index contributed by atoms with van der Waals surface area (Å²) in [7, 11) is 1.84. The molecule has 4 rings (SSSR count). The number of thiophene rings is 1. The van der Waals surface area contributed by atoms with Gasteiger partial charge in [0.2, 0.25) is 5.91 Å². The maximum Gasteiger partial charge on any atom is 0.262 e. The van der Waals surface area contributed by atoms with Crippen LogP contribution in [0, 0.1) is 4.77 Å². The number of H-pyrrole nitrogens is 1. The van der Waals surface area contributed by atoms with E-state index in [-0.39, 0.29) is 17.9 Å². The maximum absolute atomic E-state index is 12.9. The number of carbonyl (C=O) groups is 1. The Hall–Kier alpha value is -2.33. The second-order valence-corrected chi connectivity index (χ2v) is 8.46. The van der Waals surface area contributed by atoms with Gasteiger partial charge in [0.15, 0.2) is 4.77 Å². The van der Waals surface area contributed by atoms with Gasteiger partial charge in [0.1, 0.15) is 10.7 Å². The molecule has 0 unspecified atom stereocenters. The second-order valence-electron chi connectivity index (χ2n) is 6.99. The first-order valence-corrected chi connectivity index (χ1v) is 10.6. The Morgan fingerprint density at radius 1 is 1.39 bits per heavy atom. The highest BCUT2D eigenvalue weighted by atomic mass is 32.1. The number of aromatic nitrogens is 5. The molecule has 1 aliphatic carbocycles. The Kier molecular flexibility index (Phi) is 5.40. The van der Waals surface area contributed by atoms with Crippen molar-refractivity contribution < 1.29 is 4.79 Å². The number of amides is 1. The molecular weight excluding hydrogens is 396 g/mol. The lowest BCUT2D eigenvalue weighted by atomic mass is 9.97. The third-order valence-electron chi connectivity index (χ3n) is 5.16. The predicted octanol–water partition coefficient (Wildman–Crippen LogP) is 1.88. The predicted molar refractivity (Wildman–Crippen MR) is 110 cm³/mol. The van der Waals surface area contributed by atoms with Crippen molar-refractivity contribution in [3.63, 3.8) is 0 Å². The summed E-state index contributed by atoms with van der Waals surface area (Å²) in [5.74, 6) is 0.689. The van der Waals surface area contributed by atoms with Crippen LogP contribution < -0.4 is 10.9 Å². The molecule has 1 amide bonds. The van der Waals surface area contributed by atoms with E-state index in [0.29, 0.717) is 24.3 Å². The summed E-state index contributed by atoms with van der Waals surface area (Å²) in [5, 5.41) is 10.5. The van der Waals surface area contributed by atoms with Crippen molar-refractivity contribution in [2.75, 3.05) is 6.54 Å². The molecule has 2 N–H and O–H groups in total. The van der Waals surface area contributed by atoms with E-state index in [2.05, 4.69) is 20.5 Å². The van der Waals surface area contributed by atoms with E-state index in [1.165, 1.54) is 16.9 Å². The van der Waals surface area contributed by atoms with Gasteiger partial charge in [-0.15, -0.1) is 11.3 Å². The number of hydrogen-bond donors (Lipinski definition) is 2. The fraction of sp³-hybridized carbons (Fsp3) is 0.500. The van der Waals surface area contributed by atoms with Gasteiger partial charge < -0.3 is 9.88 Å². The Balaban J connectivity index is 1.38. The molecule has 0 spiro atoms. The summed E-state index contributed by atoms with van der Waals surface area (Å²) in [6.45, 7) is 0.793. The minimum Gasteiger partial charge on any atom is -0.356 e. The van der Waals surface area contributed by atoms with Crippen molar-refractivity contribution >= 4 is 39.7 Å². The Bertz CT molecular complexity index is 1140. The molecule has 0 atom stereocenters. The fourth-order valence-corrected chi connectivity index (χ4v) is 4.94. The number of hydrogen-bond acceptors (Lipinski definition) is 6. The average molecular weight is 419 g/mol. The zero-order valence-electron chi connectivity index (χ0n) is 15.7. The van der Waals surface area contributed by atoms with E-state index in [1.807, 2.05) is 7.05 Å². The molecule has 8 nitrogen and oxygen atoms in total. The number of nitrogens with zero attached hydrogens (tertiary/aromatic N) is 4. The van der Waals surface area contributed by atoms with Crippen LogP contribution in [0.5, 0.6) is 0 Å². The SMILES string of the molecule is Cn1c(CCNC(=O)CCn2cnc3sc4c(c3c2=O)CCCC4)n[nH]c1=S. The molecule has 0 radical (unpaired) electrons. The summed E-state index contributed by atoms with van der Waals surface area (Å²) < 4.78 is 3.89. The molecule has 0 saturated heterocycles. The van der Waals surface area contributed by atoms with Crippen molar-refractivity contribution in [1.82, 2.24) is 29.6 Å². The molecule has 0 fully saturated rings. The average Bonchev–Trinajstić information content (AvgIpc) is 3.22. The highest BCUT2D eigenvalue weighted by molar-refractivity contribution is 7.71. The molecule has 28 heavy (non-hydrogen) atoms. The van der Waals surface area contributed by atoms with E-state index < -0.39 is 0 Å². The molecule has 0 aliphatic heterocycles. The van der Waals surface area contributed by atoms with Crippen LogP contribution in [0.3, 0.4) is 0 Å². The van der Waals surface area contributed by atoms with Gasteiger partial charge in [-0.2, -0.15) is 5.10 Å². The molecule has 0 saturated carbocycles. The van der Waals surface area contributed by atoms with Gasteiger partial charge in [-0.25, -0.2) is 4.98 Å². The summed E-state index contributed by atoms with van der Waals surface area (Å²) in [6.07, 6.45) is 6.68. The molecular formula is C18H22N6O2S2. The van der Waals surface area contributed by atoms with Gasteiger partial charge in [0.25, 0.3) is 5.56 Å². The van der Waals surface area contributed by atoms with Crippen LogP contribution in [0.1, 0.15) is 35.5 Å². The number of aromatic amines is 1. The van der Waals surface area contributed by atoms with Crippen molar-refractivity contribution in [3.05, 3.63) is 37.7 Å². The van der Waals surface area contributed by atoms with Gasteiger partial charge in [-0.3, -0.25) is 19.3 Å². The second kappa shape index (κ2) is 7.96. The molecule has 10 heteroatoms. The third kappa shape index (κ3) is 3.66. The number of carbonyl (C=O) groups excluding carboxylic acids is 1. The van der Waals surface area contributed by atoms with Gasteiger partial charge in [0.05, 0.1) is 11.7 Å². The van der Waals surface area contributed by atoms with E-state index in [0.717, 1.165) is 35.3 Å².